The van der Waals surface area contributed by atoms with E-state index < -0.39 is 5.97 Å². The molecule has 0 atom stereocenters. The van der Waals surface area contributed by atoms with Crippen LogP contribution in [0.25, 0.3) is 0 Å². The number of carbonyl (C=O) groups is 2. The molecule has 4 heteroatoms. The Bertz CT molecular complexity index is 395. The summed E-state index contributed by atoms with van der Waals surface area (Å²) in [5.74, 6) is -0.649. The van der Waals surface area contributed by atoms with E-state index >= 15 is 0 Å². The van der Waals surface area contributed by atoms with Crippen LogP contribution in [0.5, 0.6) is 5.75 Å². The first kappa shape index (κ1) is 11.0. The summed E-state index contributed by atoms with van der Waals surface area (Å²) in [4.78, 5) is 20.8. The third kappa shape index (κ3) is 3.27. The molecule has 0 aromatic heterocycles. The maximum Gasteiger partial charge on any atom is 0.334 e. The predicted molar refractivity (Wildman–Crippen MR) is 54.1 cm³/mol. The second-order valence-corrected chi connectivity index (χ2v) is 2.89. The molecule has 0 unspecified atom stereocenters. The summed E-state index contributed by atoms with van der Waals surface area (Å²) in [6.07, 6.45) is 0.693. The number of ether oxygens (including phenoxy) is 1. The van der Waals surface area contributed by atoms with Crippen LogP contribution in [0, 0.1) is 0 Å². The predicted octanol–water partition coefficient (Wildman–Crippen LogP) is 1.52. The van der Waals surface area contributed by atoms with Crippen LogP contribution in [0.1, 0.15) is 10.4 Å². The second-order valence-electron chi connectivity index (χ2n) is 2.89. The smallest absolute Gasteiger partial charge is 0.334 e. The lowest BCUT2D eigenvalue weighted by Gasteiger charge is -2.05. The van der Waals surface area contributed by atoms with Crippen LogP contribution < -0.4 is 4.74 Å². The summed E-state index contributed by atoms with van der Waals surface area (Å²) in [5, 5.41) is 8.53. The fourth-order valence-electron chi connectivity index (χ4n) is 0.910. The highest BCUT2D eigenvalue weighted by atomic mass is 16.5. The molecule has 4 nitrogen and oxygen atoms in total. The van der Waals surface area contributed by atoms with Gasteiger partial charge < -0.3 is 9.84 Å². The number of hydrogen-bond acceptors (Lipinski definition) is 3. The van der Waals surface area contributed by atoms with E-state index in [4.69, 9.17) is 9.84 Å². The van der Waals surface area contributed by atoms with Crippen molar-refractivity contribution in [2.45, 2.75) is 0 Å². The van der Waals surface area contributed by atoms with Crippen molar-refractivity contribution in [1.82, 2.24) is 0 Å². The van der Waals surface area contributed by atoms with Crippen LogP contribution >= 0.6 is 0 Å². The maximum absolute atomic E-state index is 10.4. The van der Waals surface area contributed by atoms with Crippen LogP contribution in [0.15, 0.2) is 36.4 Å². The molecule has 0 bridgehead atoms. The van der Waals surface area contributed by atoms with Gasteiger partial charge in [-0.3, -0.25) is 4.79 Å². The van der Waals surface area contributed by atoms with Crippen LogP contribution in [-0.4, -0.2) is 24.0 Å². The van der Waals surface area contributed by atoms with E-state index in [0.717, 1.165) is 0 Å². The Morgan fingerprint density at radius 3 is 2.87 bits per heavy atom. The number of aliphatic carboxylic acids is 1. The number of carbonyl (C=O) groups excluding carboxylic acids is 1. The fraction of sp³-hybridized carbons (Fsp3) is 0.0909. The van der Waals surface area contributed by atoms with E-state index in [-0.39, 0.29) is 12.2 Å². The average molecular weight is 206 g/mol. The SMILES string of the molecule is C=C(COc1cccc(C=O)c1)C(=O)O. The largest absolute Gasteiger partial charge is 0.489 e. The standard InChI is InChI=1S/C11H10O4/c1-8(11(13)14)7-15-10-4-2-3-9(5-10)6-12/h2-6H,1,7H2,(H,13,14). The van der Waals surface area contributed by atoms with E-state index in [9.17, 15) is 9.59 Å². The fourth-order valence-corrected chi connectivity index (χ4v) is 0.910. The van der Waals surface area contributed by atoms with Crippen molar-refractivity contribution in [2.75, 3.05) is 6.61 Å². The van der Waals surface area contributed by atoms with Gasteiger partial charge in [-0.15, -0.1) is 0 Å². The Morgan fingerprint density at radius 2 is 2.27 bits per heavy atom. The summed E-state index contributed by atoms with van der Waals surface area (Å²) in [5.41, 5.74) is 0.444. The molecular formula is C11H10O4. The van der Waals surface area contributed by atoms with Crippen molar-refractivity contribution in [3.05, 3.63) is 42.0 Å². The Labute approximate surface area is 86.8 Å². The lowest BCUT2D eigenvalue weighted by molar-refractivity contribution is -0.133. The summed E-state index contributed by atoms with van der Waals surface area (Å²) >= 11 is 0. The monoisotopic (exact) mass is 206 g/mol. The zero-order valence-corrected chi connectivity index (χ0v) is 7.97. The van der Waals surface area contributed by atoms with Crippen molar-refractivity contribution >= 4 is 12.3 Å². The molecule has 0 radical (unpaired) electrons. The lowest BCUT2D eigenvalue weighted by atomic mass is 10.2. The number of aldehydes is 1. The summed E-state index contributed by atoms with van der Waals surface area (Å²) < 4.78 is 5.13. The second kappa shape index (κ2) is 4.95. The Balaban J connectivity index is 2.61. The van der Waals surface area contributed by atoms with Gasteiger partial charge in [0.05, 0.1) is 5.57 Å². The maximum atomic E-state index is 10.4. The molecule has 0 saturated carbocycles. The van der Waals surface area contributed by atoms with Gasteiger partial charge in [0.2, 0.25) is 0 Å². The molecular weight excluding hydrogens is 196 g/mol. The molecule has 0 aliphatic rings. The van der Waals surface area contributed by atoms with Crippen molar-refractivity contribution < 1.29 is 19.4 Å². The first-order chi connectivity index (χ1) is 7.13. The van der Waals surface area contributed by atoms with Crippen molar-refractivity contribution in [2.24, 2.45) is 0 Å². The molecule has 0 spiro atoms. The molecule has 1 rings (SSSR count). The zero-order chi connectivity index (χ0) is 11.3. The van der Waals surface area contributed by atoms with Crippen LogP contribution in [0.3, 0.4) is 0 Å². The number of carboxylic acid groups (broad SMARTS) is 1. The molecule has 1 N–H and O–H groups in total. The molecule has 0 heterocycles. The van der Waals surface area contributed by atoms with Gasteiger partial charge in [-0.1, -0.05) is 18.7 Å². The van der Waals surface area contributed by atoms with Gasteiger partial charge in [-0.2, -0.15) is 0 Å². The lowest BCUT2D eigenvalue weighted by Crippen LogP contribution is -2.08. The number of carboxylic acids is 1. The first-order valence-electron chi connectivity index (χ1n) is 4.22. The molecule has 0 amide bonds. The van der Waals surface area contributed by atoms with Gasteiger partial charge in [0.1, 0.15) is 18.6 Å². The van der Waals surface area contributed by atoms with Gasteiger partial charge >= 0.3 is 5.97 Å². The average Bonchev–Trinajstić information content (AvgIpc) is 2.26. The highest BCUT2D eigenvalue weighted by Crippen LogP contribution is 2.12. The molecule has 78 valence electrons. The highest BCUT2D eigenvalue weighted by Gasteiger charge is 2.04. The molecule has 0 fully saturated rings. The highest BCUT2D eigenvalue weighted by molar-refractivity contribution is 5.86. The normalized spacial score (nSPS) is 9.33. The Morgan fingerprint density at radius 1 is 1.53 bits per heavy atom. The van der Waals surface area contributed by atoms with Gasteiger partial charge in [0.25, 0.3) is 0 Å². The quantitative estimate of drug-likeness (QED) is 0.586. The molecule has 1 aromatic rings. The number of benzene rings is 1. The van der Waals surface area contributed by atoms with E-state index in [1.54, 1.807) is 18.2 Å². The third-order valence-corrected chi connectivity index (χ3v) is 1.71. The molecule has 0 saturated heterocycles. The van der Waals surface area contributed by atoms with Crippen molar-refractivity contribution in [3.8, 4) is 5.75 Å². The van der Waals surface area contributed by atoms with Gasteiger partial charge in [-0.25, -0.2) is 4.79 Å². The molecule has 0 aliphatic heterocycles. The Kier molecular flexibility index (Phi) is 3.62. The number of hydrogen-bond donors (Lipinski definition) is 1. The Hall–Kier alpha value is -2.10. The molecule has 1 aromatic carbocycles. The number of rotatable bonds is 5. The van der Waals surface area contributed by atoms with Crippen molar-refractivity contribution in [3.63, 3.8) is 0 Å². The van der Waals surface area contributed by atoms with E-state index in [0.29, 0.717) is 17.6 Å². The van der Waals surface area contributed by atoms with Crippen molar-refractivity contribution in [1.29, 1.82) is 0 Å². The third-order valence-electron chi connectivity index (χ3n) is 1.71. The van der Waals surface area contributed by atoms with Gasteiger partial charge in [-0.05, 0) is 12.1 Å². The minimum absolute atomic E-state index is 0.0356. The van der Waals surface area contributed by atoms with E-state index in [1.165, 1.54) is 6.07 Å². The van der Waals surface area contributed by atoms with Crippen LogP contribution in [0.2, 0.25) is 0 Å². The summed E-state index contributed by atoms with van der Waals surface area (Å²) in [6.45, 7) is 3.22. The van der Waals surface area contributed by atoms with Crippen LogP contribution in [0.4, 0.5) is 0 Å². The zero-order valence-electron chi connectivity index (χ0n) is 7.97. The minimum Gasteiger partial charge on any atom is -0.489 e. The first-order valence-corrected chi connectivity index (χ1v) is 4.22. The minimum atomic E-state index is -1.10. The topological polar surface area (TPSA) is 63.6 Å². The summed E-state index contributed by atoms with van der Waals surface area (Å²) in [6, 6.07) is 6.46. The van der Waals surface area contributed by atoms with Gasteiger partial charge in [0, 0.05) is 5.56 Å². The molecule has 0 aliphatic carbocycles. The van der Waals surface area contributed by atoms with Crippen LogP contribution in [-0.2, 0) is 4.79 Å². The van der Waals surface area contributed by atoms with Gasteiger partial charge in [0.15, 0.2) is 0 Å². The summed E-state index contributed by atoms with van der Waals surface area (Å²) in [7, 11) is 0. The van der Waals surface area contributed by atoms with E-state index in [1.807, 2.05) is 0 Å². The van der Waals surface area contributed by atoms with E-state index in [2.05, 4.69) is 6.58 Å². The molecule has 15 heavy (non-hydrogen) atoms.